The smallest absolute Gasteiger partial charge is 0.328 e. The van der Waals surface area contributed by atoms with E-state index in [9.17, 15) is 23.1 Å². The predicted octanol–water partition coefficient (Wildman–Crippen LogP) is -1.76. The molecule has 5 N–H and O–H groups in total. The Morgan fingerprint density at radius 1 is 1.45 bits per heavy atom. The average molecular weight is 305 g/mol. The zero-order valence-electron chi connectivity index (χ0n) is 10.8. The van der Waals surface area contributed by atoms with Crippen molar-refractivity contribution in [2.45, 2.75) is 24.0 Å². The van der Waals surface area contributed by atoms with Gasteiger partial charge in [0.2, 0.25) is 10.0 Å². The van der Waals surface area contributed by atoms with E-state index in [0.717, 1.165) is 12.3 Å². The number of primary sulfonamides is 1. The lowest BCUT2D eigenvalue weighted by Crippen LogP contribution is -2.48. The summed E-state index contributed by atoms with van der Waals surface area (Å²) >= 11 is 0. The van der Waals surface area contributed by atoms with Crippen LogP contribution in [0.2, 0.25) is 0 Å². The quantitative estimate of drug-likeness (QED) is 0.505. The van der Waals surface area contributed by atoms with Crippen LogP contribution in [-0.2, 0) is 21.9 Å². The fourth-order valence-corrected chi connectivity index (χ4v) is 2.10. The number of aliphatic hydroxyl groups is 1. The molecule has 0 aromatic carbocycles. The van der Waals surface area contributed by atoms with Crippen LogP contribution in [0.5, 0.6) is 0 Å². The normalized spacial score (nSPS) is 14.6. The first kappa shape index (κ1) is 16.1. The number of carbonyl (C=O) groups is 2. The molecule has 1 amide bonds. The van der Waals surface area contributed by atoms with Crippen LogP contribution >= 0.6 is 0 Å². The van der Waals surface area contributed by atoms with E-state index in [4.69, 9.17) is 10.2 Å². The number of nitrogens with zero attached hydrogens (tertiary/aromatic N) is 1. The van der Waals surface area contributed by atoms with Crippen molar-refractivity contribution in [3.63, 3.8) is 0 Å². The van der Waals surface area contributed by atoms with Gasteiger partial charge in [-0.15, -0.1) is 0 Å². The van der Waals surface area contributed by atoms with E-state index in [1.54, 1.807) is 0 Å². The molecular weight excluding hydrogens is 290 g/mol. The van der Waals surface area contributed by atoms with Crippen LogP contribution in [0.1, 0.15) is 17.4 Å². The van der Waals surface area contributed by atoms with Gasteiger partial charge in [-0.1, -0.05) is 0 Å². The summed E-state index contributed by atoms with van der Waals surface area (Å²) in [6.07, 6.45) is -0.183. The molecular formula is C10H15N3O6S. The van der Waals surface area contributed by atoms with Crippen molar-refractivity contribution in [3.05, 3.63) is 18.0 Å². The Kier molecular flexibility index (Phi) is 4.53. The summed E-state index contributed by atoms with van der Waals surface area (Å²) in [6, 6.07) is -0.485. The van der Waals surface area contributed by atoms with Gasteiger partial charge in [-0.3, -0.25) is 4.79 Å². The van der Waals surface area contributed by atoms with Gasteiger partial charge in [0.15, 0.2) is 6.04 Å². The summed E-state index contributed by atoms with van der Waals surface area (Å²) in [5.74, 6) is -2.25. The second kappa shape index (κ2) is 5.61. The van der Waals surface area contributed by atoms with E-state index >= 15 is 0 Å². The molecule has 9 nitrogen and oxygen atoms in total. The highest BCUT2D eigenvalue weighted by Gasteiger charge is 2.27. The third-order valence-corrected chi connectivity index (χ3v) is 3.46. The molecule has 2 atom stereocenters. The molecule has 0 fully saturated rings. The molecule has 0 aliphatic heterocycles. The van der Waals surface area contributed by atoms with Gasteiger partial charge in [-0.2, -0.15) is 0 Å². The maximum absolute atomic E-state index is 11.9. The molecule has 0 saturated heterocycles. The molecule has 0 spiro atoms. The highest BCUT2D eigenvalue weighted by molar-refractivity contribution is 7.89. The number of sulfonamides is 1. The van der Waals surface area contributed by atoms with Gasteiger partial charge in [0.25, 0.3) is 5.91 Å². The molecule has 1 rings (SSSR count). The van der Waals surface area contributed by atoms with Crippen molar-refractivity contribution < 1.29 is 28.2 Å². The minimum atomic E-state index is -3.97. The van der Waals surface area contributed by atoms with E-state index < -0.39 is 34.0 Å². The fourth-order valence-electron chi connectivity index (χ4n) is 1.52. The highest BCUT2D eigenvalue weighted by atomic mass is 32.2. The number of aliphatic hydroxyl groups excluding tert-OH is 1. The first-order valence-electron chi connectivity index (χ1n) is 5.45. The molecule has 0 aliphatic rings. The van der Waals surface area contributed by atoms with Crippen molar-refractivity contribution in [1.82, 2.24) is 9.88 Å². The maximum Gasteiger partial charge on any atom is 0.328 e. The summed E-state index contributed by atoms with van der Waals surface area (Å²) < 4.78 is 23.5. The molecule has 0 saturated carbocycles. The molecule has 1 aromatic rings. The van der Waals surface area contributed by atoms with Crippen molar-refractivity contribution in [3.8, 4) is 0 Å². The lowest BCUT2D eigenvalue weighted by molar-refractivity contribution is -0.141. The van der Waals surface area contributed by atoms with Gasteiger partial charge < -0.3 is 20.1 Å². The largest absolute Gasteiger partial charge is 0.480 e. The molecule has 0 aliphatic carbocycles. The van der Waals surface area contributed by atoms with Crippen LogP contribution in [-0.4, -0.2) is 47.2 Å². The second-order valence-electron chi connectivity index (χ2n) is 4.25. The summed E-state index contributed by atoms with van der Waals surface area (Å²) in [5, 5.41) is 25.1. The Morgan fingerprint density at radius 2 is 2.00 bits per heavy atom. The standard InChI is InChI=1S/C10H15N3O6S/c1-5(14)8(10(16)17)12-9(15)7-3-6(4-13(7)2)20(11,18)19/h3-5,8,14H,1-2H3,(H,12,15)(H,16,17)(H2,11,18,19). The van der Waals surface area contributed by atoms with Crippen molar-refractivity contribution >= 4 is 21.9 Å². The second-order valence-corrected chi connectivity index (χ2v) is 5.81. The van der Waals surface area contributed by atoms with Gasteiger partial charge in [0, 0.05) is 13.2 Å². The number of nitrogens with two attached hydrogens (primary N) is 1. The molecule has 10 heteroatoms. The predicted molar refractivity (Wildman–Crippen MR) is 67.4 cm³/mol. The molecule has 0 bridgehead atoms. The average Bonchev–Trinajstić information content (AvgIpc) is 2.66. The minimum Gasteiger partial charge on any atom is -0.480 e. The van der Waals surface area contributed by atoms with Gasteiger partial charge >= 0.3 is 5.97 Å². The number of carboxylic acids is 1. The number of aryl methyl sites for hydroxylation is 1. The van der Waals surface area contributed by atoms with Gasteiger partial charge in [0.1, 0.15) is 10.6 Å². The summed E-state index contributed by atoms with van der Waals surface area (Å²) in [4.78, 5) is 22.5. The van der Waals surface area contributed by atoms with Gasteiger partial charge in [0.05, 0.1) is 6.10 Å². The SMILES string of the molecule is CC(O)C(NC(=O)c1cc(S(N)(=O)=O)cn1C)C(=O)O. The van der Waals surface area contributed by atoms with Crippen LogP contribution in [0.15, 0.2) is 17.2 Å². The molecule has 20 heavy (non-hydrogen) atoms. The third-order valence-electron chi connectivity index (χ3n) is 2.58. The van der Waals surface area contributed by atoms with E-state index in [-0.39, 0.29) is 10.6 Å². The number of aliphatic carboxylic acids is 1. The van der Waals surface area contributed by atoms with Gasteiger partial charge in [-0.25, -0.2) is 18.4 Å². The van der Waals surface area contributed by atoms with Crippen molar-refractivity contribution in [2.75, 3.05) is 0 Å². The molecule has 0 radical (unpaired) electrons. The Morgan fingerprint density at radius 3 is 2.35 bits per heavy atom. The number of nitrogens with one attached hydrogen (secondary N) is 1. The Labute approximate surface area is 115 Å². The van der Waals surface area contributed by atoms with Gasteiger partial charge in [-0.05, 0) is 13.0 Å². The van der Waals surface area contributed by atoms with E-state index in [1.165, 1.54) is 18.5 Å². The topological polar surface area (TPSA) is 152 Å². The number of rotatable bonds is 5. The van der Waals surface area contributed by atoms with E-state index in [2.05, 4.69) is 5.32 Å². The number of hydrogen-bond donors (Lipinski definition) is 4. The molecule has 112 valence electrons. The van der Waals surface area contributed by atoms with Crippen LogP contribution < -0.4 is 10.5 Å². The molecule has 2 unspecified atom stereocenters. The van der Waals surface area contributed by atoms with Crippen molar-refractivity contribution in [2.24, 2.45) is 12.2 Å². The summed E-state index contributed by atoms with van der Waals surface area (Å²) in [7, 11) is -2.56. The minimum absolute atomic E-state index is 0.0964. The van der Waals surface area contributed by atoms with E-state index in [1.807, 2.05) is 0 Å². The first-order valence-corrected chi connectivity index (χ1v) is 6.99. The fraction of sp³-hybridized carbons (Fsp3) is 0.400. The lowest BCUT2D eigenvalue weighted by atomic mass is 10.2. The number of carboxylic acid groups (broad SMARTS) is 1. The highest BCUT2D eigenvalue weighted by Crippen LogP contribution is 2.12. The zero-order valence-corrected chi connectivity index (χ0v) is 11.6. The Balaban J connectivity index is 3.04. The van der Waals surface area contributed by atoms with Crippen LogP contribution in [0.4, 0.5) is 0 Å². The molecule has 1 aromatic heterocycles. The van der Waals surface area contributed by atoms with Crippen molar-refractivity contribution in [1.29, 1.82) is 0 Å². The molecule has 1 heterocycles. The number of aromatic nitrogens is 1. The Hall–Kier alpha value is -1.91. The first-order chi connectivity index (χ1) is 9.04. The maximum atomic E-state index is 11.9. The summed E-state index contributed by atoms with van der Waals surface area (Å²) in [5.41, 5.74) is -0.0964. The van der Waals surface area contributed by atoms with Crippen LogP contribution in [0, 0.1) is 0 Å². The number of carbonyl (C=O) groups excluding carboxylic acids is 1. The number of hydrogen-bond acceptors (Lipinski definition) is 5. The monoisotopic (exact) mass is 305 g/mol. The Bertz CT molecular complexity index is 633. The number of amides is 1. The van der Waals surface area contributed by atoms with E-state index in [0.29, 0.717) is 0 Å². The third kappa shape index (κ3) is 3.56. The summed E-state index contributed by atoms with van der Waals surface area (Å²) in [6.45, 7) is 1.21. The van der Waals surface area contributed by atoms with Crippen LogP contribution in [0.25, 0.3) is 0 Å². The van der Waals surface area contributed by atoms with Crippen LogP contribution in [0.3, 0.4) is 0 Å². The zero-order chi connectivity index (χ0) is 15.7. The lowest BCUT2D eigenvalue weighted by Gasteiger charge is -2.17.